The maximum absolute atomic E-state index is 3.20. The van der Waals surface area contributed by atoms with E-state index in [0.29, 0.717) is 0 Å². The fourth-order valence-corrected chi connectivity index (χ4v) is 2.66. The first kappa shape index (κ1) is 13.1. The number of unbranched alkanes of at least 4 members (excludes halogenated alkanes) is 1. The van der Waals surface area contributed by atoms with Gasteiger partial charge in [-0.15, -0.1) is 11.8 Å². The van der Waals surface area contributed by atoms with Crippen molar-refractivity contribution in [1.29, 1.82) is 0 Å². The minimum absolute atomic E-state index is 1.02. The minimum atomic E-state index is 1.02. The first-order valence-corrected chi connectivity index (χ1v) is 7.48. The van der Waals surface area contributed by atoms with Gasteiger partial charge in [-0.2, -0.15) is 0 Å². The molecule has 0 nitrogen and oxygen atoms in total. The van der Waals surface area contributed by atoms with Crippen molar-refractivity contribution >= 4 is 11.8 Å². The summed E-state index contributed by atoms with van der Waals surface area (Å²) in [5, 5.41) is 0. The number of allylic oxidation sites excluding steroid dienone is 4. The van der Waals surface area contributed by atoms with Crippen LogP contribution in [0.3, 0.4) is 0 Å². The van der Waals surface area contributed by atoms with Gasteiger partial charge in [0, 0.05) is 16.0 Å². The van der Waals surface area contributed by atoms with Gasteiger partial charge >= 0.3 is 0 Å². The van der Waals surface area contributed by atoms with E-state index in [-0.39, 0.29) is 0 Å². The molecule has 0 unspecified atom stereocenters. The van der Waals surface area contributed by atoms with E-state index in [9.17, 15) is 0 Å². The van der Waals surface area contributed by atoms with Crippen LogP contribution >= 0.6 is 11.8 Å². The lowest BCUT2D eigenvalue weighted by Gasteiger charge is -2.00. The summed E-state index contributed by atoms with van der Waals surface area (Å²) in [6.45, 7) is 2.23. The second-order valence-corrected chi connectivity index (χ2v) is 5.44. The maximum Gasteiger partial charge on any atom is 0.0249 e. The Hall–Kier alpha value is -1.39. The van der Waals surface area contributed by atoms with E-state index in [4.69, 9.17) is 0 Å². The normalized spacial score (nSPS) is 13.1. The van der Waals surface area contributed by atoms with E-state index >= 15 is 0 Å². The monoisotopic (exact) mass is 254 g/mol. The quantitative estimate of drug-likeness (QED) is 0.422. The number of hydrogen-bond donors (Lipinski definition) is 0. The molecular formula is C17H18S. The van der Waals surface area contributed by atoms with Gasteiger partial charge < -0.3 is 0 Å². The molecule has 18 heavy (non-hydrogen) atoms. The number of hydrogen-bond acceptors (Lipinski definition) is 1. The summed E-state index contributed by atoms with van der Waals surface area (Å²) in [4.78, 5) is 1.34. The van der Waals surface area contributed by atoms with E-state index < -0.39 is 0 Å². The molecule has 1 aromatic carbocycles. The Morgan fingerprint density at radius 1 is 1.17 bits per heavy atom. The Balaban J connectivity index is 1.93. The predicted molar refractivity (Wildman–Crippen MR) is 80.8 cm³/mol. The van der Waals surface area contributed by atoms with Crippen LogP contribution in [0.15, 0.2) is 53.0 Å². The molecular weight excluding hydrogens is 236 g/mol. The lowest BCUT2D eigenvalue weighted by Crippen LogP contribution is -1.79. The van der Waals surface area contributed by atoms with Gasteiger partial charge in [-0.3, -0.25) is 0 Å². The van der Waals surface area contributed by atoms with E-state index in [1.54, 1.807) is 0 Å². The van der Waals surface area contributed by atoms with Gasteiger partial charge in [-0.25, -0.2) is 0 Å². The van der Waals surface area contributed by atoms with Crippen molar-refractivity contribution < 1.29 is 0 Å². The maximum atomic E-state index is 3.20. The lowest BCUT2D eigenvalue weighted by molar-refractivity contribution is 0.896. The molecule has 0 atom stereocenters. The smallest absolute Gasteiger partial charge is 0.0249 e. The van der Waals surface area contributed by atoms with Gasteiger partial charge in [-0.1, -0.05) is 43.4 Å². The summed E-state index contributed by atoms with van der Waals surface area (Å²) in [7, 11) is 0. The molecule has 0 aromatic heterocycles. The Bertz CT molecular complexity index is 495. The number of benzene rings is 1. The van der Waals surface area contributed by atoms with Crippen LogP contribution in [0.2, 0.25) is 0 Å². The van der Waals surface area contributed by atoms with Gasteiger partial charge in [0.25, 0.3) is 0 Å². The van der Waals surface area contributed by atoms with Crippen LogP contribution < -0.4 is 0 Å². The van der Waals surface area contributed by atoms with Crippen molar-refractivity contribution in [2.24, 2.45) is 0 Å². The van der Waals surface area contributed by atoms with Crippen LogP contribution in [0.25, 0.3) is 0 Å². The number of rotatable bonds is 4. The topological polar surface area (TPSA) is 0 Å². The first-order chi connectivity index (χ1) is 8.88. The third-order valence-electron chi connectivity index (χ3n) is 2.74. The molecule has 0 radical (unpaired) electrons. The standard InChI is InChI=1S/C17H18S/c1-2-3-14-18-17-12-10-16(11-13-17)9-8-15-6-4-5-7-15/h4,6-7,10-13H,2-3,5,14H2,1H3. The molecule has 2 rings (SSSR count). The molecule has 1 aliphatic rings. The van der Waals surface area contributed by atoms with E-state index in [1.807, 2.05) is 11.8 Å². The Morgan fingerprint density at radius 2 is 2.00 bits per heavy atom. The molecule has 0 saturated heterocycles. The van der Waals surface area contributed by atoms with Crippen LogP contribution in [-0.2, 0) is 0 Å². The summed E-state index contributed by atoms with van der Waals surface area (Å²) in [6, 6.07) is 8.56. The third-order valence-corrected chi connectivity index (χ3v) is 3.84. The molecule has 0 heterocycles. The second-order valence-electron chi connectivity index (χ2n) is 4.27. The summed E-state index contributed by atoms with van der Waals surface area (Å²) in [5.74, 6) is 7.60. The van der Waals surface area contributed by atoms with Crippen molar-refractivity contribution in [3.8, 4) is 11.8 Å². The Kier molecular flexibility index (Phi) is 5.17. The SMILES string of the molecule is CCCCSc1ccc(C#CC2=CCC=C2)cc1. The van der Waals surface area contributed by atoms with Gasteiger partial charge in [0.05, 0.1) is 0 Å². The Labute approximate surface area is 114 Å². The average molecular weight is 254 g/mol. The van der Waals surface area contributed by atoms with Gasteiger partial charge in [-0.05, 0) is 42.9 Å². The van der Waals surface area contributed by atoms with E-state index in [0.717, 1.165) is 17.6 Å². The minimum Gasteiger partial charge on any atom is -0.126 e. The molecule has 0 N–H and O–H groups in total. The molecule has 92 valence electrons. The highest BCUT2D eigenvalue weighted by Gasteiger charge is 1.94. The summed E-state index contributed by atoms with van der Waals surface area (Å²) in [5.41, 5.74) is 2.23. The lowest BCUT2D eigenvalue weighted by atomic mass is 10.2. The number of thioether (sulfide) groups is 1. The van der Waals surface area contributed by atoms with E-state index in [1.165, 1.54) is 23.5 Å². The molecule has 0 fully saturated rings. The van der Waals surface area contributed by atoms with Gasteiger partial charge in [0.1, 0.15) is 0 Å². The second kappa shape index (κ2) is 7.13. The molecule has 0 saturated carbocycles. The largest absolute Gasteiger partial charge is 0.126 e. The van der Waals surface area contributed by atoms with Crippen LogP contribution in [-0.4, -0.2) is 5.75 Å². The molecule has 0 amide bonds. The van der Waals surface area contributed by atoms with Crippen LogP contribution in [0.4, 0.5) is 0 Å². The molecule has 1 aliphatic carbocycles. The highest BCUT2D eigenvalue weighted by atomic mass is 32.2. The van der Waals surface area contributed by atoms with Crippen molar-refractivity contribution in [2.75, 3.05) is 5.75 Å². The Morgan fingerprint density at radius 3 is 2.67 bits per heavy atom. The van der Waals surface area contributed by atoms with Crippen molar-refractivity contribution in [1.82, 2.24) is 0 Å². The molecule has 0 spiro atoms. The summed E-state index contributed by atoms with van der Waals surface area (Å²) in [6.07, 6.45) is 9.95. The van der Waals surface area contributed by atoms with E-state index in [2.05, 4.69) is 61.3 Å². The highest BCUT2D eigenvalue weighted by molar-refractivity contribution is 7.99. The van der Waals surface area contributed by atoms with Crippen LogP contribution in [0.5, 0.6) is 0 Å². The molecule has 1 aromatic rings. The molecule has 0 aliphatic heterocycles. The average Bonchev–Trinajstić information content (AvgIpc) is 2.91. The third kappa shape index (κ3) is 4.13. The van der Waals surface area contributed by atoms with Gasteiger partial charge in [0.2, 0.25) is 0 Å². The predicted octanol–water partition coefficient (Wildman–Crippen LogP) is 4.82. The zero-order chi connectivity index (χ0) is 12.6. The van der Waals surface area contributed by atoms with Crippen LogP contribution in [0, 0.1) is 11.8 Å². The van der Waals surface area contributed by atoms with Crippen molar-refractivity contribution in [3.05, 3.63) is 53.6 Å². The summed E-state index contributed by atoms with van der Waals surface area (Å²) < 4.78 is 0. The molecule has 1 heteroatoms. The first-order valence-electron chi connectivity index (χ1n) is 6.50. The van der Waals surface area contributed by atoms with Crippen molar-refractivity contribution in [3.63, 3.8) is 0 Å². The molecule has 0 bridgehead atoms. The van der Waals surface area contributed by atoms with Crippen LogP contribution in [0.1, 0.15) is 31.7 Å². The zero-order valence-corrected chi connectivity index (χ0v) is 11.6. The fourth-order valence-electron chi connectivity index (χ4n) is 1.66. The van der Waals surface area contributed by atoms with Crippen molar-refractivity contribution in [2.45, 2.75) is 31.1 Å². The van der Waals surface area contributed by atoms with Gasteiger partial charge in [0.15, 0.2) is 0 Å². The summed E-state index contributed by atoms with van der Waals surface area (Å²) >= 11 is 1.93. The zero-order valence-electron chi connectivity index (χ0n) is 10.8. The fraction of sp³-hybridized carbons (Fsp3) is 0.294. The highest BCUT2D eigenvalue weighted by Crippen LogP contribution is 2.19.